The van der Waals surface area contributed by atoms with Crippen LogP contribution in [0.4, 0.5) is 5.69 Å². The number of esters is 1. The molecule has 0 aliphatic carbocycles. The van der Waals surface area contributed by atoms with Crippen LogP contribution in [0.3, 0.4) is 0 Å². The van der Waals surface area contributed by atoms with Crippen LogP contribution in [0.25, 0.3) is 16.0 Å². The van der Waals surface area contributed by atoms with Crippen LogP contribution < -0.4 is 9.47 Å². The number of rotatable bonds is 5. The zero-order valence-electron chi connectivity index (χ0n) is 16.5. The van der Waals surface area contributed by atoms with Crippen molar-refractivity contribution in [2.45, 2.75) is 6.54 Å². The Bertz CT molecular complexity index is 1090. The van der Waals surface area contributed by atoms with Crippen LogP contribution in [0.15, 0.2) is 66.7 Å². The number of carbonyl (C=O) groups is 1. The summed E-state index contributed by atoms with van der Waals surface area (Å²) in [6.07, 6.45) is 0. The Morgan fingerprint density at radius 1 is 1.07 bits per heavy atom. The van der Waals surface area contributed by atoms with Crippen LogP contribution in [0.5, 0.6) is 11.5 Å². The van der Waals surface area contributed by atoms with E-state index in [0.717, 1.165) is 29.0 Å². The fraction of sp³-hybridized carbons (Fsp3) is 0.167. The minimum atomic E-state index is -0.442. The van der Waals surface area contributed by atoms with Gasteiger partial charge in [-0.05, 0) is 48.5 Å². The van der Waals surface area contributed by atoms with E-state index >= 15 is 0 Å². The molecule has 3 aromatic carbocycles. The molecule has 0 bridgehead atoms. The molecular weight excluding hydrogens is 380 g/mol. The molecule has 0 fully saturated rings. The van der Waals surface area contributed by atoms with Gasteiger partial charge in [0.05, 0.1) is 12.1 Å². The topological polar surface area (TPSA) is 52.4 Å². The molecule has 3 aromatic rings. The fourth-order valence-electron chi connectivity index (χ4n) is 3.19. The van der Waals surface area contributed by atoms with E-state index in [1.165, 1.54) is 0 Å². The van der Waals surface area contributed by atoms with E-state index in [2.05, 4.69) is 4.85 Å². The van der Waals surface area contributed by atoms with Gasteiger partial charge in [0.2, 0.25) is 6.79 Å². The summed E-state index contributed by atoms with van der Waals surface area (Å²) in [6.45, 7) is 8.10. The molecule has 0 amide bonds. The summed E-state index contributed by atoms with van der Waals surface area (Å²) >= 11 is 0. The second-order valence-electron chi connectivity index (χ2n) is 6.99. The highest BCUT2D eigenvalue weighted by Gasteiger charge is 2.17. The molecule has 150 valence electrons. The summed E-state index contributed by atoms with van der Waals surface area (Å²) in [7, 11) is 1.95. The molecule has 0 saturated carbocycles. The molecule has 6 heteroatoms. The van der Waals surface area contributed by atoms with Crippen molar-refractivity contribution in [3.8, 4) is 22.6 Å². The summed E-state index contributed by atoms with van der Waals surface area (Å²) in [5, 5.41) is 0. The molecule has 1 aliphatic rings. The van der Waals surface area contributed by atoms with Gasteiger partial charge in [-0.2, -0.15) is 0 Å². The van der Waals surface area contributed by atoms with Gasteiger partial charge in [-0.3, -0.25) is 4.90 Å². The maximum atomic E-state index is 12.3. The monoisotopic (exact) mass is 400 g/mol. The van der Waals surface area contributed by atoms with Crippen molar-refractivity contribution in [2.24, 2.45) is 0 Å². The summed E-state index contributed by atoms with van der Waals surface area (Å²) in [5.41, 5.74) is 4.06. The second-order valence-corrected chi connectivity index (χ2v) is 6.99. The van der Waals surface area contributed by atoms with Crippen molar-refractivity contribution in [3.05, 3.63) is 89.3 Å². The smallest absolute Gasteiger partial charge is 0.341 e. The van der Waals surface area contributed by atoms with Gasteiger partial charge in [0.15, 0.2) is 5.69 Å². The van der Waals surface area contributed by atoms with E-state index in [1.54, 1.807) is 30.3 Å². The lowest BCUT2D eigenvalue weighted by Crippen LogP contribution is -2.28. The quantitative estimate of drug-likeness (QED) is 0.347. The highest BCUT2D eigenvalue weighted by Crippen LogP contribution is 2.26. The molecule has 0 radical (unpaired) electrons. The molecule has 4 rings (SSSR count). The van der Waals surface area contributed by atoms with Crippen LogP contribution in [0.1, 0.15) is 15.9 Å². The molecule has 30 heavy (non-hydrogen) atoms. The predicted molar refractivity (Wildman–Crippen MR) is 112 cm³/mol. The Morgan fingerprint density at radius 2 is 1.77 bits per heavy atom. The number of nitrogens with zero attached hydrogens (tertiary/aromatic N) is 2. The lowest BCUT2D eigenvalue weighted by Gasteiger charge is -2.25. The first-order valence-electron chi connectivity index (χ1n) is 9.44. The summed E-state index contributed by atoms with van der Waals surface area (Å²) in [5.74, 6) is 0.956. The van der Waals surface area contributed by atoms with E-state index in [0.29, 0.717) is 23.7 Å². The average Bonchev–Trinajstić information content (AvgIpc) is 2.79. The van der Waals surface area contributed by atoms with Gasteiger partial charge < -0.3 is 14.2 Å². The van der Waals surface area contributed by atoms with Gasteiger partial charge >= 0.3 is 5.97 Å². The SMILES string of the molecule is [C-]#[N+]c1ccc(-c2ccc(OCOC(=O)c3ccc4c(c3)CN(C)CO4)cc2)cc1. The third-order valence-corrected chi connectivity index (χ3v) is 4.78. The van der Waals surface area contributed by atoms with Crippen molar-refractivity contribution < 1.29 is 19.0 Å². The summed E-state index contributed by atoms with van der Waals surface area (Å²) in [6, 6.07) is 20.2. The van der Waals surface area contributed by atoms with Gasteiger partial charge in [0.25, 0.3) is 0 Å². The van der Waals surface area contributed by atoms with Crippen LogP contribution in [-0.4, -0.2) is 31.4 Å². The van der Waals surface area contributed by atoms with Gasteiger partial charge in [0, 0.05) is 12.1 Å². The van der Waals surface area contributed by atoms with Crippen LogP contribution in [0.2, 0.25) is 0 Å². The number of benzene rings is 3. The minimum Gasteiger partial charge on any atom is -0.478 e. The lowest BCUT2D eigenvalue weighted by molar-refractivity contribution is 0.0153. The lowest BCUT2D eigenvalue weighted by atomic mass is 10.1. The number of fused-ring (bicyclic) bond motifs is 1. The van der Waals surface area contributed by atoms with Crippen LogP contribution in [-0.2, 0) is 11.3 Å². The van der Waals surface area contributed by atoms with E-state index < -0.39 is 5.97 Å². The average molecular weight is 400 g/mol. The molecule has 0 aromatic heterocycles. The molecule has 0 saturated heterocycles. The third-order valence-electron chi connectivity index (χ3n) is 4.78. The minimum absolute atomic E-state index is 0.175. The van der Waals surface area contributed by atoms with E-state index in [9.17, 15) is 4.79 Å². The summed E-state index contributed by atoms with van der Waals surface area (Å²) in [4.78, 5) is 17.7. The van der Waals surface area contributed by atoms with E-state index in [-0.39, 0.29) is 6.79 Å². The molecule has 0 N–H and O–H groups in total. The number of ether oxygens (including phenoxy) is 3. The van der Waals surface area contributed by atoms with Crippen molar-refractivity contribution in [1.82, 2.24) is 4.90 Å². The van der Waals surface area contributed by atoms with E-state index in [1.807, 2.05) is 48.3 Å². The molecular formula is C24H20N2O4. The van der Waals surface area contributed by atoms with Gasteiger partial charge in [-0.25, -0.2) is 9.64 Å². The molecule has 0 spiro atoms. The Balaban J connectivity index is 1.32. The predicted octanol–water partition coefficient (Wildman–Crippen LogP) is 4.88. The molecule has 0 unspecified atom stereocenters. The zero-order valence-corrected chi connectivity index (χ0v) is 16.5. The normalized spacial score (nSPS) is 12.9. The summed E-state index contributed by atoms with van der Waals surface area (Å²) < 4.78 is 16.4. The Labute approximate surface area is 175 Å². The van der Waals surface area contributed by atoms with Gasteiger partial charge in [-0.15, -0.1) is 0 Å². The number of hydrogen-bond acceptors (Lipinski definition) is 5. The largest absolute Gasteiger partial charge is 0.478 e. The first-order chi connectivity index (χ1) is 14.6. The first kappa shape index (κ1) is 19.5. The third kappa shape index (κ3) is 4.43. The maximum absolute atomic E-state index is 12.3. The Morgan fingerprint density at radius 3 is 2.47 bits per heavy atom. The van der Waals surface area contributed by atoms with Crippen LogP contribution in [0, 0.1) is 6.57 Å². The maximum Gasteiger partial charge on any atom is 0.341 e. The van der Waals surface area contributed by atoms with Gasteiger partial charge in [-0.1, -0.05) is 36.4 Å². The second kappa shape index (κ2) is 8.68. The van der Waals surface area contributed by atoms with Crippen molar-refractivity contribution in [3.63, 3.8) is 0 Å². The fourth-order valence-corrected chi connectivity index (χ4v) is 3.19. The number of carbonyl (C=O) groups excluding carboxylic acids is 1. The van der Waals surface area contributed by atoms with Crippen molar-refractivity contribution >= 4 is 11.7 Å². The van der Waals surface area contributed by atoms with Crippen molar-refractivity contribution in [1.29, 1.82) is 0 Å². The molecule has 1 aliphatic heterocycles. The molecule has 0 atom stereocenters. The molecule has 1 heterocycles. The molecule has 6 nitrogen and oxygen atoms in total. The number of hydrogen-bond donors (Lipinski definition) is 0. The zero-order chi connectivity index (χ0) is 20.9. The Hall–Kier alpha value is -3.82. The Kier molecular flexibility index (Phi) is 5.64. The first-order valence-corrected chi connectivity index (χ1v) is 9.44. The van der Waals surface area contributed by atoms with E-state index in [4.69, 9.17) is 20.8 Å². The standard InChI is InChI=1S/C24H20N2O4/c1-25-21-8-3-17(4-9-21)18-5-10-22(11-6-18)29-16-30-24(27)19-7-12-23-20(13-19)14-26(2)15-28-23/h3-13H,14-16H2,2H3. The highest BCUT2D eigenvalue weighted by atomic mass is 16.7. The van der Waals surface area contributed by atoms with Crippen molar-refractivity contribution in [2.75, 3.05) is 20.6 Å². The highest BCUT2D eigenvalue weighted by molar-refractivity contribution is 5.89. The van der Waals surface area contributed by atoms with Crippen LogP contribution >= 0.6 is 0 Å². The van der Waals surface area contributed by atoms with Gasteiger partial charge in [0.1, 0.15) is 18.2 Å².